The first-order chi connectivity index (χ1) is 14.4. The van der Waals surface area contributed by atoms with Gasteiger partial charge in [-0.3, -0.25) is 4.79 Å². The zero-order valence-corrected chi connectivity index (χ0v) is 17.7. The first kappa shape index (κ1) is 20.3. The monoisotopic (exact) mass is 426 g/mol. The number of nitrogens with one attached hydrogen (secondary N) is 1. The van der Waals surface area contributed by atoms with Crippen molar-refractivity contribution < 1.29 is 9.18 Å². The lowest BCUT2D eigenvalue weighted by Gasteiger charge is -2.08. The quantitative estimate of drug-likeness (QED) is 0.521. The van der Waals surface area contributed by atoms with Crippen LogP contribution in [0.4, 0.5) is 22.0 Å². The predicted molar refractivity (Wildman–Crippen MR) is 117 cm³/mol. The van der Waals surface area contributed by atoms with Gasteiger partial charge in [0.25, 0.3) is 0 Å². The molecule has 2 aromatic heterocycles. The van der Waals surface area contributed by atoms with Gasteiger partial charge in [0.1, 0.15) is 11.6 Å². The summed E-state index contributed by atoms with van der Waals surface area (Å²) in [7, 11) is 0. The molecule has 3 N–H and O–H groups in total. The summed E-state index contributed by atoms with van der Waals surface area (Å²) in [5, 5.41) is 2.98. The Morgan fingerprint density at radius 2 is 1.97 bits per heavy atom. The number of anilines is 3. The molecule has 1 saturated carbocycles. The number of Topliss-reactive ketones (excluding diaryl/α,β-unsaturated/α-hetero) is 1. The molecule has 7 nitrogen and oxygen atoms in total. The van der Waals surface area contributed by atoms with Crippen LogP contribution in [-0.4, -0.2) is 31.1 Å². The average molecular weight is 427 g/mol. The van der Waals surface area contributed by atoms with Gasteiger partial charge in [-0.1, -0.05) is 0 Å². The van der Waals surface area contributed by atoms with Gasteiger partial charge in [-0.25, -0.2) is 4.39 Å². The molecule has 3 aromatic rings. The number of carbonyl (C=O) groups excluding carboxylic acids is 1. The lowest BCUT2D eigenvalue weighted by molar-refractivity contribution is 0.102. The van der Waals surface area contributed by atoms with Crippen LogP contribution in [0.2, 0.25) is 0 Å². The van der Waals surface area contributed by atoms with E-state index >= 15 is 0 Å². The topological polar surface area (TPSA) is 98.7 Å². The maximum atomic E-state index is 13.1. The van der Waals surface area contributed by atoms with Crippen molar-refractivity contribution in [3.05, 3.63) is 58.9 Å². The number of aromatic nitrogens is 4. The van der Waals surface area contributed by atoms with E-state index in [-0.39, 0.29) is 23.5 Å². The van der Waals surface area contributed by atoms with E-state index in [9.17, 15) is 9.18 Å². The third-order valence-electron chi connectivity index (χ3n) is 4.96. The molecule has 0 amide bonds. The third-order valence-corrected chi connectivity index (χ3v) is 5.89. The molecule has 1 aliphatic rings. The number of ketones is 1. The molecule has 0 saturated heterocycles. The molecule has 1 aliphatic carbocycles. The fraction of sp³-hybridized carbons (Fsp3) is 0.333. The molecule has 1 fully saturated rings. The Balaban J connectivity index is 1.38. The van der Waals surface area contributed by atoms with E-state index in [1.807, 2.05) is 13.0 Å². The van der Waals surface area contributed by atoms with Gasteiger partial charge >= 0.3 is 0 Å². The maximum Gasteiger partial charge on any atom is 0.232 e. The van der Waals surface area contributed by atoms with Crippen LogP contribution in [0.1, 0.15) is 46.5 Å². The fourth-order valence-electron chi connectivity index (χ4n) is 3.49. The second kappa shape index (κ2) is 8.43. The summed E-state index contributed by atoms with van der Waals surface area (Å²) in [6, 6.07) is 8.40. The Hall–Kier alpha value is -2.94. The Bertz CT molecular complexity index is 1080. The van der Waals surface area contributed by atoms with Crippen molar-refractivity contribution >= 4 is 35.1 Å². The first-order valence-electron chi connectivity index (χ1n) is 9.73. The summed E-state index contributed by atoms with van der Waals surface area (Å²) in [6.07, 6.45) is 2.38. The summed E-state index contributed by atoms with van der Waals surface area (Å²) < 4.78 is 15.3. The van der Waals surface area contributed by atoms with Gasteiger partial charge < -0.3 is 15.6 Å². The van der Waals surface area contributed by atoms with Crippen molar-refractivity contribution in [2.45, 2.75) is 38.5 Å². The molecule has 0 bridgehead atoms. The molecule has 0 unspecified atom stereocenters. The number of rotatable bonds is 8. The van der Waals surface area contributed by atoms with E-state index in [0.29, 0.717) is 29.1 Å². The Labute approximate surface area is 178 Å². The highest BCUT2D eigenvalue weighted by atomic mass is 32.2. The van der Waals surface area contributed by atoms with E-state index in [0.717, 1.165) is 17.0 Å². The molecular formula is C21H23FN6OS. The largest absolute Gasteiger partial charge is 0.368 e. The SMILES string of the molecule is Cc1cc(C(=O)CSCc2nc(N)nc(Nc3ccc(F)cc3)n2)c(C)n1C1CC1. The van der Waals surface area contributed by atoms with Crippen LogP contribution < -0.4 is 11.1 Å². The molecule has 9 heteroatoms. The molecule has 0 radical (unpaired) electrons. The molecule has 30 heavy (non-hydrogen) atoms. The van der Waals surface area contributed by atoms with Crippen LogP contribution in [0.15, 0.2) is 30.3 Å². The number of aryl methyl sites for hydroxylation is 1. The lowest BCUT2D eigenvalue weighted by Crippen LogP contribution is -2.08. The molecule has 156 valence electrons. The normalized spacial score (nSPS) is 13.4. The summed E-state index contributed by atoms with van der Waals surface area (Å²) in [4.78, 5) is 25.3. The van der Waals surface area contributed by atoms with E-state index in [1.54, 1.807) is 12.1 Å². The van der Waals surface area contributed by atoms with Crippen molar-refractivity contribution in [1.29, 1.82) is 0 Å². The first-order valence-corrected chi connectivity index (χ1v) is 10.9. The molecule has 0 spiro atoms. The lowest BCUT2D eigenvalue weighted by atomic mass is 10.2. The van der Waals surface area contributed by atoms with Gasteiger partial charge in [-0.2, -0.15) is 15.0 Å². The molecular weight excluding hydrogens is 403 g/mol. The minimum atomic E-state index is -0.324. The number of hydrogen-bond donors (Lipinski definition) is 2. The van der Waals surface area contributed by atoms with E-state index < -0.39 is 0 Å². The van der Waals surface area contributed by atoms with Gasteiger partial charge in [0.2, 0.25) is 11.9 Å². The molecule has 4 rings (SSSR count). The molecule has 0 aliphatic heterocycles. The Morgan fingerprint density at radius 3 is 2.67 bits per heavy atom. The van der Waals surface area contributed by atoms with Gasteiger partial charge in [-0.15, -0.1) is 11.8 Å². The van der Waals surface area contributed by atoms with Crippen LogP contribution in [0, 0.1) is 19.7 Å². The van der Waals surface area contributed by atoms with Crippen LogP contribution in [0.25, 0.3) is 0 Å². The van der Waals surface area contributed by atoms with Gasteiger partial charge in [0.05, 0.1) is 11.5 Å². The zero-order valence-electron chi connectivity index (χ0n) is 16.9. The van der Waals surface area contributed by atoms with Gasteiger partial charge in [0.15, 0.2) is 5.78 Å². The van der Waals surface area contributed by atoms with Gasteiger partial charge in [0, 0.05) is 28.7 Å². The van der Waals surface area contributed by atoms with Crippen molar-refractivity contribution in [3.8, 4) is 0 Å². The van der Waals surface area contributed by atoms with E-state index in [1.165, 1.54) is 36.7 Å². The number of thioether (sulfide) groups is 1. The van der Waals surface area contributed by atoms with Crippen LogP contribution >= 0.6 is 11.8 Å². The molecule has 1 aromatic carbocycles. The Kier molecular flexibility index (Phi) is 5.72. The highest BCUT2D eigenvalue weighted by Gasteiger charge is 2.28. The minimum Gasteiger partial charge on any atom is -0.368 e. The number of nitrogen functional groups attached to an aromatic ring is 1. The number of nitrogens with zero attached hydrogens (tertiary/aromatic N) is 4. The fourth-order valence-corrected chi connectivity index (χ4v) is 4.24. The second-order valence-electron chi connectivity index (χ2n) is 7.37. The molecule has 0 atom stereocenters. The highest BCUT2D eigenvalue weighted by Crippen LogP contribution is 2.38. The summed E-state index contributed by atoms with van der Waals surface area (Å²) >= 11 is 1.44. The predicted octanol–water partition coefficient (Wildman–Crippen LogP) is 4.21. The van der Waals surface area contributed by atoms with Crippen molar-refractivity contribution in [2.75, 3.05) is 16.8 Å². The standard InChI is InChI=1S/C21H23FN6OS/c1-12-9-17(13(2)28(12)16-7-8-16)18(29)10-30-11-19-25-20(23)27-21(26-19)24-15-5-3-14(22)4-6-15/h3-6,9,16H,7-8,10-11H2,1-2H3,(H3,23,24,25,26,27). The smallest absolute Gasteiger partial charge is 0.232 e. The highest BCUT2D eigenvalue weighted by molar-refractivity contribution is 7.99. The van der Waals surface area contributed by atoms with Crippen LogP contribution in [-0.2, 0) is 5.75 Å². The maximum absolute atomic E-state index is 13.1. The van der Waals surface area contributed by atoms with Crippen LogP contribution in [0.3, 0.4) is 0 Å². The molecule has 2 heterocycles. The van der Waals surface area contributed by atoms with Crippen molar-refractivity contribution in [1.82, 2.24) is 19.5 Å². The van der Waals surface area contributed by atoms with Crippen LogP contribution in [0.5, 0.6) is 0 Å². The second-order valence-corrected chi connectivity index (χ2v) is 8.35. The summed E-state index contributed by atoms with van der Waals surface area (Å²) in [6.45, 7) is 4.07. The third kappa shape index (κ3) is 4.62. The van der Waals surface area contributed by atoms with E-state index in [4.69, 9.17) is 5.73 Å². The summed E-state index contributed by atoms with van der Waals surface area (Å²) in [5.41, 5.74) is 9.42. The number of hydrogen-bond acceptors (Lipinski definition) is 7. The number of benzene rings is 1. The minimum absolute atomic E-state index is 0.0875. The average Bonchev–Trinajstić information content (AvgIpc) is 3.48. The number of halogens is 1. The van der Waals surface area contributed by atoms with Gasteiger partial charge in [-0.05, 0) is 57.0 Å². The van der Waals surface area contributed by atoms with Crippen molar-refractivity contribution in [2.24, 2.45) is 0 Å². The Morgan fingerprint density at radius 1 is 1.23 bits per heavy atom. The van der Waals surface area contributed by atoms with Crippen molar-refractivity contribution in [3.63, 3.8) is 0 Å². The number of nitrogens with two attached hydrogens (primary N) is 1. The summed E-state index contributed by atoms with van der Waals surface area (Å²) in [5.74, 6) is 1.39. The number of carbonyl (C=O) groups is 1. The zero-order chi connectivity index (χ0) is 21.3. The van der Waals surface area contributed by atoms with E-state index in [2.05, 4.69) is 31.8 Å².